The summed E-state index contributed by atoms with van der Waals surface area (Å²) in [6.45, 7) is 1.39. The van der Waals surface area contributed by atoms with Gasteiger partial charge in [0.25, 0.3) is 11.8 Å². The highest BCUT2D eigenvalue weighted by Crippen LogP contribution is 2.21. The van der Waals surface area contributed by atoms with E-state index in [9.17, 15) is 9.59 Å². The Hall–Kier alpha value is -2.62. The van der Waals surface area contributed by atoms with Crippen LogP contribution in [0.4, 0.5) is 0 Å². The molecule has 1 fully saturated rings. The van der Waals surface area contributed by atoms with Crippen molar-refractivity contribution in [3.05, 3.63) is 70.8 Å². The monoisotopic (exact) mass is 348 g/mol. The molecule has 0 spiro atoms. The second-order valence-electron chi connectivity index (χ2n) is 7.28. The molecule has 2 amide bonds. The molecule has 0 saturated heterocycles. The summed E-state index contributed by atoms with van der Waals surface area (Å²) in [5.41, 5.74) is 3.81. The van der Waals surface area contributed by atoms with Gasteiger partial charge in [-0.3, -0.25) is 9.59 Å². The first-order chi connectivity index (χ1) is 12.7. The van der Waals surface area contributed by atoms with Gasteiger partial charge in [-0.2, -0.15) is 0 Å². The molecule has 1 aliphatic carbocycles. The van der Waals surface area contributed by atoms with E-state index in [0.29, 0.717) is 23.7 Å². The molecule has 1 heterocycles. The number of fused-ring (bicyclic) bond motifs is 1. The lowest BCUT2D eigenvalue weighted by atomic mass is 9.99. The molecule has 4 nitrogen and oxygen atoms in total. The summed E-state index contributed by atoms with van der Waals surface area (Å²) in [6.07, 6.45) is 5.41. The van der Waals surface area contributed by atoms with Crippen molar-refractivity contribution in [1.82, 2.24) is 10.2 Å². The van der Waals surface area contributed by atoms with Gasteiger partial charge >= 0.3 is 0 Å². The molecule has 4 rings (SSSR count). The number of amides is 2. The van der Waals surface area contributed by atoms with Gasteiger partial charge in [0.05, 0.1) is 0 Å². The fraction of sp³-hybridized carbons (Fsp3) is 0.364. The first-order valence-corrected chi connectivity index (χ1v) is 9.48. The Balaban J connectivity index is 1.42. The van der Waals surface area contributed by atoms with E-state index < -0.39 is 0 Å². The van der Waals surface area contributed by atoms with Crippen LogP contribution in [-0.4, -0.2) is 29.3 Å². The molecule has 1 saturated carbocycles. The zero-order valence-corrected chi connectivity index (χ0v) is 14.9. The molecule has 2 aliphatic rings. The third-order valence-corrected chi connectivity index (χ3v) is 5.50. The molecule has 0 aromatic heterocycles. The first-order valence-electron chi connectivity index (χ1n) is 9.48. The average Bonchev–Trinajstić information content (AvgIpc) is 3.20. The lowest BCUT2D eigenvalue weighted by molar-refractivity contribution is 0.0734. The molecule has 1 N–H and O–H groups in total. The summed E-state index contributed by atoms with van der Waals surface area (Å²) in [7, 11) is 0. The van der Waals surface area contributed by atoms with E-state index in [0.717, 1.165) is 25.8 Å². The number of carbonyl (C=O) groups is 2. The number of rotatable bonds is 3. The van der Waals surface area contributed by atoms with Crippen molar-refractivity contribution in [3.8, 4) is 0 Å². The Morgan fingerprint density at radius 2 is 1.54 bits per heavy atom. The van der Waals surface area contributed by atoms with E-state index in [4.69, 9.17) is 0 Å². The Morgan fingerprint density at radius 1 is 0.885 bits per heavy atom. The Morgan fingerprint density at radius 3 is 2.27 bits per heavy atom. The molecule has 134 valence electrons. The van der Waals surface area contributed by atoms with Crippen LogP contribution in [0.15, 0.2) is 48.5 Å². The minimum Gasteiger partial charge on any atom is -0.349 e. The number of hydrogen-bond acceptors (Lipinski definition) is 2. The molecule has 2 aromatic carbocycles. The zero-order chi connectivity index (χ0) is 17.9. The number of nitrogens with zero attached hydrogens (tertiary/aromatic N) is 1. The molecule has 1 aliphatic heterocycles. The highest BCUT2D eigenvalue weighted by Gasteiger charge is 2.22. The van der Waals surface area contributed by atoms with Crippen molar-refractivity contribution in [1.29, 1.82) is 0 Å². The van der Waals surface area contributed by atoms with Crippen molar-refractivity contribution in [3.63, 3.8) is 0 Å². The predicted octanol–water partition coefficient (Wildman–Crippen LogP) is 3.56. The quantitative estimate of drug-likeness (QED) is 0.922. The maximum atomic E-state index is 12.8. The lowest BCUT2D eigenvalue weighted by Gasteiger charge is -2.29. The SMILES string of the molecule is O=C(NC1CCCC1)c1ccc(C(=O)N2CCc3ccccc3C2)cc1. The van der Waals surface area contributed by atoms with Crippen molar-refractivity contribution in [2.75, 3.05) is 6.54 Å². The van der Waals surface area contributed by atoms with Crippen molar-refractivity contribution < 1.29 is 9.59 Å². The third kappa shape index (κ3) is 3.50. The van der Waals surface area contributed by atoms with Gasteiger partial charge in [-0.05, 0) is 54.7 Å². The van der Waals surface area contributed by atoms with E-state index in [1.54, 1.807) is 24.3 Å². The van der Waals surface area contributed by atoms with Crippen LogP contribution in [0.5, 0.6) is 0 Å². The van der Waals surface area contributed by atoms with E-state index >= 15 is 0 Å². The molecular weight excluding hydrogens is 324 g/mol. The van der Waals surface area contributed by atoms with Gasteiger partial charge in [0.15, 0.2) is 0 Å². The van der Waals surface area contributed by atoms with Gasteiger partial charge in [-0.1, -0.05) is 37.1 Å². The molecule has 0 unspecified atom stereocenters. The maximum Gasteiger partial charge on any atom is 0.254 e. The second kappa shape index (κ2) is 7.32. The average molecular weight is 348 g/mol. The minimum atomic E-state index is -0.0391. The maximum absolute atomic E-state index is 12.8. The van der Waals surface area contributed by atoms with E-state index in [1.807, 2.05) is 17.0 Å². The molecular formula is C22H24N2O2. The fourth-order valence-electron chi connectivity index (χ4n) is 3.95. The first kappa shape index (κ1) is 16.8. The lowest BCUT2D eigenvalue weighted by Crippen LogP contribution is -2.36. The smallest absolute Gasteiger partial charge is 0.254 e. The van der Waals surface area contributed by atoms with Gasteiger partial charge < -0.3 is 10.2 Å². The highest BCUT2D eigenvalue weighted by molar-refractivity contribution is 5.98. The Bertz CT molecular complexity index is 807. The molecule has 0 radical (unpaired) electrons. The summed E-state index contributed by atoms with van der Waals surface area (Å²) >= 11 is 0. The highest BCUT2D eigenvalue weighted by atomic mass is 16.2. The van der Waals surface area contributed by atoms with Crippen LogP contribution in [0.3, 0.4) is 0 Å². The van der Waals surface area contributed by atoms with Gasteiger partial charge in [-0.15, -0.1) is 0 Å². The van der Waals surface area contributed by atoms with Crippen LogP contribution < -0.4 is 5.32 Å². The van der Waals surface area contributed by atoms with Gasteiger partial charge in [-0.25, -0.2) is 0 Å². The van der Waals surface area contributed by atoms with Gasteiger partial charge in [0, 0.05) is 30.3 Å². The fourth-order valence-corrected chi connectivity index (χ4v) is 3.95. The van der Waals surface area contributed by atoms with Crippen LogP contribution >= 0.6 is 0 Å². The van der Waals surface area contributed by atoms with Crippen LogP contribution in [0.1, 0.15) is 57.5 Å². The molecule has 26 heavy (non-hydrogen) atoms. The summed E-state index contributed by atoms with van der Waals surface area (Å²) in [5.74, 6) is -0.00921. The van der Waals surface area contributed by atoms with Crippen LogP contribution in [0.25, 0.3) is 0 Å². The van der Waals surface area contributed by atoms with Gasteiger partial charge in [0.2, 0.25) is 0 Å². The summed E-state index contributed by atoms with van der Waals surface area (Å²) in [5, 5.41) is 3.08. The van der Waals surface area contributed by atoms with E-state index in [2.05, 4.69) is 17.4 Å². The number of hydrogen-bond donors (Lipinski definition) is 1. The van der Waals surface area contributed by atoms with Crippen molar-refractivity contribution >= 4 is 11.8 Å². The Labute approximate surface area is 154 Å². The van der Waals surface area contributed by atoms with Gasteiger partial charge in [0.1, 0.15) is 0 Å². The second-order valence-corrected chi connectivity index (χ2v) is 7.28. The number of nitrogens with one attached hydrogen (secondary N) is 1. The zero-order valence-electron chi connectivity index (χ0n) is 14.9. The normalized spacial score (nSPS) is 17.0. The molecule has 2 aromatic rings. The summed E-state index contributed by atoms with van der Waals surface area (Å²) in [4.78, 5) is 27.0. The van der Waals surface area contributed by atoms with Crippen LogP contribution in [0.2, 0.25) is 0 Å². The minimum absolute atomic E-state index is 0.0299. The summed E-state index contributed by atoms with van der Waals surface area (Å²) < 4.78 is 0. The molecule has 0 atom stereocenters. The third-order valence-electron chi connectivity index (χ3n) is 5.50. The van der Waals surface area contributed by atoms with E-state index in [-0.39, 0.29) is 11.8 Å². The molecule has 0 bridgehead atoms. The molecule has 4 heteroatoms. The summed E-state index contributed by atoms with van der Waals surface area (Å²) in [6, 6.07) is 15.7. The van der Waals surface area contributed by atoms with Crippen LogP contribution in [0, 0.1) is 0 Å². The predicted molar refractivity (Wildman–Crippen MR) is 101 cm³/mol. The standard InChI is InChI=1S/C22H24N2O2/c25-21(23-20-7-3-4-8-20)17-9-11-18(12-10-17)22(26)24-14-13-16-5-1-2-6-19(16)15-24/h1-2,5-6,9-12,20H,3-4,7-8,13-15H2,(H,23,25). The topological polar surface area (TPSA) is 49.4 Å². The van der Waals surface area contributed by atoms with Crippen molar-refractivity contribution in [2.45, 2.75) is 44.7 Å². The van der Waals surface area contributed by atoms with Crippen LogP contribution in [-0.2, 0) is 13.0 Å². The van der Waals surface area contributed by atoms with Crippen molar-refractivity contribution in [2.24, 2.45) is 0 Å². The van der Waals surface area contributed by atoms with E-state index in [1.165, 1.54) is 24.0 Å². The number of benzene rings is 2. The number of carbonyl (C=O) groups excluding carboxylic acids is 2. The largest absolute Gasteiger partial charge is 0.349 e. The Kier molecular flexibility index (Phi) is 4.74.